The first kappa shape index (κ1) is 18.0. The largest absolute Gasteiger partial charge is 0.439 e. The number of aryl methyl sites for hydroxylation is 1. The minimum absolute atomic E-state index is 0.00769. The fraction of sp³-hybridized carbons (Fsp3) is 0.429. The van der Waals surface area contributed by atoms with E-state index in [1.54, 1.807) is 0 Å². The third kappa shape index (κ3) is 3.34. The van der Waals surface area contributed by atoms with Gasteiger partial charge in [0.1, 0.15) is 6.10 Å². The summed E-state index contributed by atoms with van der Waals surface area (Å²) in [6.07, 6.45) is 1.11. The van der Waals surface area contributed by atoms with Gasteiger partial charge in [0.2, 0.25) is 0 Å². The first-order valence-electron chi connectivity index (χ1n) is 9.43. The molecule has 142 valence electrons. The highest BCUT2D eigenvalue weighted by molar-refractivity contribution is 7.12. The number of benzene rings is 1. The van der Waals surface area contributed by atoms with Gasteiger partial charge in [0.15, 0.2) is 0 Å². The third-order valence-electron chi connectivity index (χ3n) is 5.65. The molecule has 1 aromatic heterocycles. The molecule has 0 spiro atoms. The van der Waals surface area contributed by atoms with Gasteiger partial charge < -0.3 is 9.64 Å². The Morgan fingerprint density at radius 1 is 1.15 bits per heavy atom. The lowest BCUT2D eigenvalue weighted by atomic mass is 9.98. The van der Waals surface area contributed by atoms with Gasteiger partial charge in [-0.25, -0.2) is 4.79 Å². The average Bonchev–Trinajstić information content (AvgIpc) is 3.25. The minimum atomic E-state index is -0.241. The Hall–Kier alpha value is -2.34. The van der Waals surface area contributed by atoms with E-state index in [1.165, 1.54) is 11.3 Å². The van der Waals surface area contributed by atoms with Crippen molar-refractivity contribution in [1.82, 2.24) is 9.80 Å². The third-order valence-corrected chi connectivity index (χ3v) is 6.65. The molecule has 3 heterocycles. The molecule has 0 N–H and O–H groups in total. The van der Waals surface area contributed by atoms with Crippen LogP contribution in [0.3, 0.4) is 0 Å². The molecule has 2 aliphatic rings. The summed E-state index contributed by atoms with van der Waals surface area (Å²) in [6.45, 7) is 5.37. The predicted molar refractivity (Wildman–Crippen MR) is 105 cm³/mol. The van der Waals surface area contributed by atoms with E-state index >= 15 is 0 Å². The maximum Gasteiger partial charge on any atom is 0.411 e. The van der Waals surface area contributed by atoms with Gasteiger partial charge in [0, 0.05) is 19.1 Å². The number of amides is 2. The van der Waals surface area contributed by atoms with Crippen molar-refractivity contribution in [3.05, 3.63) is 57.8 Å². The van der Waals surface area contributed by atoms with Crippen molar-refractivity contribution < 1.29 is 14.3 Å². The van der Waals surface area contributed by atoms with Crippen molar-refractivity contribution in [2.45, 2.75) is 44.9 Å². The molecular formula is C21H24N2O3S. The fourth-order valence-corrected chi connectivity index (χ4v) is 5.03. The van der Waals surface area contributed by atoms with E-state index < -0.39 is 0 Å². The molecule has 1 aromatic carbocycles. The van der Waals surface area contributed by atoms with E-state index in [9.17, 15) is 9.59 Å². The van der Waals surface area contributed by atoms with Gasteiger partial charge in [-0.3, -0.25) is 9.69 Å². The zero-order chi connectivity index (χ0) is 19.0. The Morgan fingerprint density at radius 3 is 2.48 bits per heavy atom. The summed E-state index contributed by atoms with van der Waals surface area (Å²) >= 11 is 1.50. The van der Waals surface area contributed by atoms with Gasteiger partial charge in [0.25, 0.3) is 5.91 Å². The van der Waals surface area contributed by atoms with E-state index in [4.69, 9.17) is 4.74 Å². The van der Waals surface area contributed by atoms with Crippen LogP contribution in [0.25, 0.3) is 0 Å². The highest BCUT2D eigenvalue weighted by atomic mass is 32.1. The van der Waals surface area contributed by atoms with Gasteiger partial charge in [-0.2, -0.15) is 0 Å². The summed E-state index contributed by atoms with van der Waals surface area (Å²) in [7, 11) is 0. The van der Waals surface area contributed by atoms with Gasteiger partial charge in [0.05, 0.1) is 10.9 Å². The smallest absolute Gasteiger partial charge is 0.411 e. The predicted octanol–water partition coefficient (Wildman–Crippen LogP) is 4.24. The summed E-state index contributed by atoms with van der Waals surface area (Å²) in [4.78, 5) is 29.9. The lowest BCUT2D eigenvalue weighted by molar-refractivity contribution is 0.0644. The van der Waals surface area contributed by atoms with Crippen molar-refractivity contribution in [2.75, 3.05) is 13.1 Å². The molecule has 0 bridgehead atoms. The van der Waals surface area contributed by atoms with Crippen molar-refractivity contribution >= 4 is 23.3 Å². The summed E-state index contributed by atoms with van der Waals surface area (Å²) < 4.78 is 5.68. The number of carbonyl (C=O) groups excluding carboxylic acids is 2. The van der Waals surface area contributed by atoms with Gasteiger partial charge in [-0.05, 0) is 49.3 Å². The minimum Gasteiger partial charge on any atom is -0.439 e. The molecule has 0 radical (unpaired) electrons. The van der Waals surface area contributed by atoms with Gasteiger partial charge in [-0.1, -0.05) is 30.3 Å². The standard InChI is InChI=1S/C21H24N2O3S/c1-14-10-13-27-19(14)20(24)22-11-8-17(9-12-22)23-15(2)18(26-21(23)25)16-6-4-3-5-7-16/h3-7,10,13,15,17-18H,8-9,11-12H2,1-2H3/t15-,18-/m0/s1. The fourth-order valence-electron chi connectivity index (χ4n) is 4.13. The number of cyclic esters (lactones) is 1. The molecule has 0 unspecified atom stereocenters. The van der Waals surface area contributed by atoms with Crippen LogP contribution in [0.1, 0.15) is 46.7 Å². The Morgan fingerprint density at radius 2 is 1.85 bits per heavy atom. The molecule has 0 aliphatic carbocycles. The zero-order valence-electron chi connectivity index (χ0n) is 15.6. The summed E-state index contributed by atoms with van der Waals surface area (Å²) in [5.41, 5.74) is 2.07. The Balaban J connectivity index is 1.41. The second-order valence-electron chi connectivity index (χ2n) is 7.32. The first-order chi connectivity index (χ1) is 13.1. The lowest BCUT2D eigenvalue weighted by Gasteiger charge is -2.37. The number of hydrogen-bond acceptors (Lipinski definition) is 4. The van der Waals surface area contributed by atoms with Crippen molar-refractivity contribution in [1.29, 1.82) is 0 Å². The van der Waals surface area contributed by atoms with Crippen molar-refractivity contribution in [2.24, 2.45) is 0 Å². The van der Waals surface area contributed by atoms with Gasteiger partial charge in [-0.15, -0.1) is 11.3 Å². The van der Waals surface area contributed by atoms with Crippen LogP contribution >= 0.6 is 11.3 Å². The van der Waals surface area contributed by atoms with E-state index in [1.807, 2.05) is 58.5 Å². The number of nitrogens with zero attached hydrogens (tertiary/aromatic N) is 2. The second-order valence-corrected chi connectivity index (χ2v) is 8.24. The molecule has 2 atom stereocenters. The molecule has 6 heteroatoms. The molecule has 27 heavy (non-hydrogen) atoms. The number of carbonyl (C=O) groups is 2. The van der Waals surface area contributed by atoms with Crippen LogP contribution < -0.4 is 0 Å². The average molecular weight is 385 g/mol. The van der Waals surface area contributed by atoms with E-state index in [2.05, 4.69) is 6.92 Å². The molecular weight excluding hydrogens is 360 g/mol. The molecule has 4 rings (SSSR count). The monoisotopic (exact) mass is 384 g/mol. The van der Waals surface area contributed by atoms with Crippen LogP contribution in [-0.4, -0.2) is 47.0 Å². The van der Waals surface area contributed by atoms with Gasteiger partial charge >= 0.3 is 6.09 Å². The second kappa shape index (κ2) is 7.35. The highest BCUT2D eigenvalue weighted by Gasteiger charge is 2.44. The number of piperidine rings is 1. The van der Waals surface area contributed by atoms with Crippen LogP contribution in [0.4, 0.5) is 4.79 Å². The zero-order valence-corrected chi connectivity index (χ0v) is 16.4. The number of rotatable bonds is 3. The molecule has 2 saturated heterocycles. The van der Waals surface area contributed by atoms with Crippen molar-refractivity contribution in [3.63, 3.8) is 0 Å². The molecule has 0 saturated carbocycles. The van der Waals surface area contributed by atoms with Crippen LogP contribution in [0, 0.1) is 6.92 Å². The highest BCUT2D eigenvalue weighted by Crippen LogP contribution is 2.36. The normalized spacial score (nSPS) is 23.6. The lowest BCUT2D eigenvalue weighted by Crippen LogP contribution is -2.49. The van der Waals surface area contributed by atoms with Crippen LogP contribution in [0.2, 0.25) is 0 Å². The molecule has 2 fully saturated rings. The molecule has 2 aliphatic heterocycles. The number of thiophene rings is 1. The SMILES string of the molecule is Cc1ccsc1C(=O)N1CCC(N2C(=O)O[C@H](c3ccccc3)[C@@H]2C)CC1. The maximum absolute atomic E-state index is 12.7. The molecule has 2 aromatic rings. The van der Waals surface area contributed by atoms with E-state index in [-0.39, 0.29) is 30.2 Å². The van der Waals surface area contributed by atoms with Crippen LogP contribution in [0.5, 0.6) is 0 Å². The molecule has 2 amide bonds. The topological polar surface area (TPSA) is 49.9 Å². The quantitative estimate of drug-likeness (QED) is 0.795. The summed E-state index contributed by atoms with van der Waals surface area (Å²) in [6, 6.07) is 12.0. The van der Waals surface area contributed by atoms with Crippen LogP contribution in [-0.2, 0) is 4.74 Å². The van der Waals surface area contributed by atoms with E-state index in [0.717, 1.165) is 28.8 Å². The Kier molecular flexibility index (Phi) is 4.91. The summed E-state index contributed by atoms with van der Waals surface area (Å²) in [5.74, 6) is 0.111. The molecule has 5 nitrogen and oxygen atoms in total. The first-order valence-corrected chi connectivity index (χ1v) is 10.3. The number of hydrogen-bond donors (Lipinski definition) is 0. The van der Waals surface area contributed by atoms with E-state index in [0.29, 0.717) is 13.1 Å². The van der Waals surface area contributed by atoms with Crippen molar-refractivity contribution in [3.8, 4) is 0 Å². The Labute approximate surface area is 163 Å². The number of likely N-dealkylation sites (tertiary alicyclic amines) is 1. The maximum atomic E-state index is 12.7. The van der Waals surface area contributed by atoms with Crippen LogP contribution in [0.15, 0.2) is 41.8 Å². The summed E-state index contributed by atoms with van der Waals surface area (Å²) in [5, 5.41) is 1.96. The number of ether oxygens (including phenoxy) is 1. The Bertz CT molecular complexity index is 827.